The van der Waals surface area contributed by atoms with Crippen molar-refractivity contribution in [3.63, 3.8) is 0 Å². The number of methoxy groups -OCH3 is 1. The number of aromatic carboxylic acids is 1. The Kier molecular flexibility index (Phi) is 3.94. The lowest BCUT2D eigenvalue weighted by Crippen LogP contribution is -2.06. The second-order valence-corrected chi connectivity index (χ2v) is 3.39. The zero-order chi connectivity index (χ0) is 12.1. The third kappa shape index (κ3) is 2.76. The van der Waals surface area contributed by atoms with Crippen molar-refractivity contribution in [1.82, 2.24) is 0 Å². The Hall–Kier alpha value is -1.97. The van der Waals surface area contributed by atoms with E-state index >= 15 is 0 Å². The third-order valence-corrected chi connectivity index (χ3v) is 1.89. The van der Waals surface area contributed by atoms with E-state index in [1.54, 1.807) is 19.1 Å². The van der Waals surface area contributed by atoms with Crippen LogP contribution in [0.1, 0.15) is 17.3 Å². The molecule has 0 radical (unpaired) electrons. The highest BCUT2D eigenvalue weighted by molar-refractivity contribution is 5.92. The lowest BCUT2D eigenvalue weighted by atomic mass is 10.2. The van der Waals surface area contributed by atoms with Crippen molar-refractivity contribution < 1.29 is 19.4 Å². The Balaban J connectivity index is 3.09. The van der Waals surface area contributed by atoms with Gasteiger partial charge in [-0.05, 0) is 24.6 Å². The Bertz CT molecular complexity index is 409. The monoisotopic (exact) mass is 222 g/mol. The maximum absolute atomic E-state index is 11.0. The Morgan fingerprint density at radius 2 is 2.19 bits per heavy atom. The van der Waals surface area contributed by atoms with Crippen LogP contribution in [0.15, 0.2) is 30.4 Å². The van der Waals surface area contributed by atoms with E-state index in [2.05, 4.69) is 6.58 Å². The fraction of sp³-hybridized carbons (Fsp3) is 0.250. The number of rotatable bonds is 5. The number of hydrogen-bond donors (Lipinski definition) is 1. The number of carbonyl (C=O) groups is 1. The average molecular weight is 222 g/mol. The van der Waals surface area contributed by atoms with Crippen LogP contribution in [-0.2, 0) is 0 Å². The standard InChI is InChI=1S/C12H14O4/c1-8(2)7-16-11-9(12(13)14)5-4-6-10(11)15-3/h4-6H,1,7H2,2-3H3,(H,13,14). The fourth-order valence-electron chi connectivity index (χ4n) is 1.19. The van der Waals surface area contributed by atoms with Crippen LogP contribution in [0.25, 0.3) is 0 Å². The van der Waals surface area contributed by atoms with Crippen LogP contribution in [0, 0.1) is 0 Å². The Labute approximate surface area is 94.1 Å². The normalized spacial score (nSPS) is 9.62. The molecule has 0 aromatic heterocycles. The molecule has 1 rings (SSSR count). The van der Waals surface area contributed by atoms with Crippen molar-refractivity contribution in [2.24, 2.45) is 0 Å². The Morgan fingerprint density at radius 3 is 2.69 bits per heavy atom. The van der Waals surface area contributed by atoms with E-state index < -0.39 is 5.97 Å². The molecule has 0 saturated heterocycles. The van der Waals surface area contributed by atoms with Gasteiger partial charge in [0.25, 0.3) is 0 Å². The molecule has 0 aliphatic heterocycles. The van der Waals surface area contributed by atoms with Crippen LogP contribution in [0.4, 0.5) is 0 Å². The van der Waals surface area contributed by atoms with Gasteiger partial charge in [0, 0.05) is 0 Å². The smallest absolute Gasteiger partial charge is 0.339 e. The molecule has 0 aliphatic rings. The highest BCUT2D eigenvalue weighted by atomic mass is 16.5. The number of hydrogen-bond acceptors (Lipinski definition) is 3. The molecular weight excluding hydrogens is 208 g/mol. The first kappa shape index (κ1) is 12.1. The van der Waals surface area contributed by atoms with E-state index in [4.69, 9.17) is 14.6 Å². The molecule has 0 amide bonds. The van der Waals surface area contributed by atoms with E-state index in [1.165, 1.54) is 13.2 Å². The van der Waals surface area contributed by atoms with Crippen molar-refractivity contribution in [2.45, 2.75) is 6.92 Å². The largest absolute Gasteiger partial charge is 0.493 e. The molecule has 0 saturated carbocycles. The minimum Gasteiger partial charge on any atom is -0.493 e. The molecule has 86 valence electrons. The summed E-state index contributed by atoms with van der Waals surface area (Å²) in [5.74, 6) is -0.405. The summed E-state index contributed by atoms with van der Waals surface area (Å²) in [5.41, 5.74) is 0.892. The van der Waals surface area contributed by atoms with Gasteiger partial charge in [0.05, 0.1) is 7.11 Å². The van der Waals surface area contributed by atoms with Crippen LogP contribution >= 0.6 is 0 Å². The summed E-state index contributed by atoms with van der Waals surface area (Å²) in [6.45, 7) is 5.75. The number of ether oxygens (including phenoxy) is 2. The first-order valence-corrected chi connectivity index (χ1v) is 4.73. The summed E-state index contributed by atoms with van der Waals surface area (Å²) in [5, 5.41) is 8.99. The van der Waals surface area contributed by atoms with E-state index in [-0.39, 0.29) is 17.9 Å². The highest BCUT2D eigenvalue weighted by Gasteiger charge is 2.15. The molecule has 0 fully saturated rings. The maximum Gasteiger partial charge on any atom is 0.339 e. The van der Waals surface area contributed by atoms with Crippen LogP contribution in [-0.4, -0.2) is 24.8 Å². The van der Waals surface area contributed by atoms with Crippen molar-refractivity contribution in [3.05, 3.63) is 35.9 Å². The van der Waals surface area contributed by atoms with Crippen LogP contribution < -0.4 is 9.47 Å². The molecule has 0 aliphatic carbocycles. The molecule has 0 heterocycles. The molecule has 16 heavy (non-hydrogen) atoms. The lowest BCUT2D eigenvalue weighted by Gasteiger charge is -2.12. The summed E-state index contributed by atoms with van der Waals surface area (Å²) in [6.07, 6.45) is 0. The zero-order valence-corrected chi connectivity index (χ0v) is 9.32. The van der Waals surface area contributed by atoms with Gasteiger partial charge in [0.15, 0.2) is 11.5 Å². The summed E-state index contributed by atoms with van der Waals surface area (Å²) >= 11 is 0. The van der Waals surface area contributed by atoms with Crippen molar-refractivity contribution in [1.29, 1.82) is 0 Å². The van der Waals surface area contributed by atoms with Crippen LogP contribution in [0.5, 0.6) is 11.5 Å². The molecule has 0 atom stereocenters. The predicted molar refractivity (Wildman–Crippen MR) is 60.3 cm³/mol. The Morgan fingerprint density at radius 1 is 1.50 bits per heavy atom. The molecule has 1 aromatic rings. The van der Waals surface area contributed by atoms with Crippen LogP contribution in [0.3, 0.4) is 0 Å². The van der Waals surface area contributed by atoms with Gasteiger partial charge in [0.2, 0.25) is 0 Å². The second kappa shape index (κ2) is 5.21. The van der Waals surface area contributed by atoms with E-state index in [1.807, 2.05) is 0 Å². The summed E-state index contributed by atoms with van der Waals surface area (Å²) in [4.78, 5) is 11.0. The minimum absolute atomic E-state index is 0.0839. The summed E-state index contributed by atoms with van der Waals surface area (Å²) < 4.78 is 10.4. The SMILES string of the molecule is C=C(C)COc1c(OC)cccc1C(=O)O. The summed E-state index contributed by atoms with van der Waals surface area (Å²) in [6, 6.07) is 4.73. The molecule has 0 bridgehead atoms. The van der Waals surface area contributed by atoms with E-state index in [0.29, 0.717) is 5.75 Å². The number of carboxylic acids is 1. The van der Waals surface area contributed by atoms with Crippen LogP contribution in [0.2, 0.25) is 0 Å². The molecule has 4 heteroatoms. The van der Waals surface area contributed by atoms with Gasteiger partial charge in [-0.25, -0.2) is 4.79 Å². The van der Waals surface area contributed by atoms with Gasteiger partial charge in [-0.15, -0.1) is 0 Å². The first-order valence-electron chi connectivity index (χ1n) is 4.73. The van der Waals surface area contributed by atoms with Gasteiger partial charge in [-0.1, -0.05) is 12.6 Å². The minimum atomic E-state index is -1.05. The van der Waals surface area contributed by atoms with Crippen molar-refractivity contribution in [3.8, 4) is 11.5 Å². The zero-order valence-electron chi connectivity index (χ0n) is 9.32. The van der Waals surface area contributed by atoms with Gasteiger partial charge >= 0.3 is 5.97 Å². The molecule has 1 aromatic carbocycles. The topological polar surface area (TPSA) is 55.8 Å². The number of carboxylic acid groups (broad SMARTS) is 1. The predicted octanol–water partition coefficient (Wildman–Crippen LogP) is 2.35. The van der Waals surface area contributed by atoms with Gasteiger partial charge in [-0.3, -0.25) is 0 Å². The molecule has 4 nitrogen and oxygen atoms in total. The van der Waals surface area contributed by atoms with E-state index in [0.717, 1.165) is 5.57 Å². The first-order chi connectivity index (χ1) is 7.56. The van der Waals surface area contributed by atoms with Gasteiger partial charge < -0.3 is 14.6 Å². The summed E-state index contributed by atoms with van der Waals surface area (Å²) in [7, 11) is 1.47. The van der Waals surface area contributed by atoms with Crippen molar-refractivity contribution >= 4 is 5.97 Å². The number of para-hydroxylation sites is 1. The molecule has 0 spiro atoms. The third-order valence-electron chi connectivity index (χ3n) is 1.89. The second-order valence-electron chi connectivity index (χ2n) is 3.39. The fourth-order valence-corrected chi connectivity index (χ4v) is 1.19. The highest BCUT2D eigenvalue weighted by Crippen LogP contribution is 2.31. The van der Waals surface area contributed by atoms with Gasteiger partial charge in [-0.2, -0.15) is 0 Å². The quantitative estimate of drug-likeness (QED) is 0.777. The molecule has 1 N–H and O–H groups in total. The average Bonchev–Trinajstić information content (AvgIpc) is 2.25. The van der Waals surface area contributed by atoms with Gasteiger partial charge in [0.1, 0.15) is 12.2 Å². The lowest BCUT2D eigenvalue weighted by molar-refractivity contribution is 0.0692. The van der Waals surface area contributed by atoms with E-state index in [9.17, 15) is 4.79 Å². The molecule has 0 unspecified atom stereocenters. The molecular formula is C12H14O4. The van der Waals surface area contributed by atoms with Crippen molar-refractivity contribution in [2.75, 3.05) is 13.7 Å². The maximum atomic E-state index is 11.0. The number of benzene rings is 1.